The van der Waals surface area contributed by atoms with Gasteiger partial charge in [0.15, 0.2) is 29.6 Å². The molecule has 0 aliphatic carbocycles. The molecule has 1 amide bonds. The van der Waals surface area contributed by atoms with E-state index in [9.17, 15) is 4.79 Å². The molecule has 1 aliphatic heterocycles. The van der Waals surface area contributed by atoms with Crippen molar-refractivity contribution in [1.29, 1.82) is 0 Å². The Kier molecular flexibility index (Phi) is 4.52. The van der Waals surface area contributed by atoms with E-state index in [0.29, 0.717) is 35.3 Å². The lowest BCUT2D eigenvalue weighted by atomic mass is 10.3. The topological polar surface area (TPSA) is 66.0 Å². The third-order valence-electron chi connectivity index (χ3n) is 3.16. The molecule has 0 fully saturated rings. The van der Waals surface area contributed by atoms with Gasteiger partial charge < -0.3 is 24.3 Å². The highest BCUT2D eigenvalue weighted by Gasteiger charge is 2.14. The number of amides is 1. The second-order valence-electron chi connectivity index (χ2n) is 4.78. The van der Waals surface area contributed by atoms with E-state index in [4.69, 9.17) is 18.9 Å². The van der Waals surface area contributed by atoms with Crippen molar-refractivity contribution in [1.82, 2.24) is 0 Å². The molecule has 23 heavy (non-hydrogen) atoms. The Labute approximate surface area is 133 Å². The van der Waals surface area contributed by atoms with Crippen molar-refractivity contribution in [3.05, 3.63) is 42.5 Å². The van der Waals surface area contributed by atoms with E-state index in [1.54, 1.807) is 30.3 Å². The first-order valence-electron chi connectivity index (χ1n) is 7.30. The Morgan fingerprint density at radius 3 is 2.61 bits per heavy atom. The lowest BCUT2D eigenvalue weighted by Gasteiger charge is -2.11. The van der Waals surface area contributed by atoms with Gasteiger partial charge in [0.05, 0.1) is 6.61 Å². The minimum absolute atomic E-state index is 0.113. The molecule has 0 bridgehead atoms. The zero-order chi connectivity index (χ0) is 16.1. The Balaban J connectivity index is 1.58. The maximum atomic E-state index is 12.0. The standard InChI is InChI=1S/C17H17NO5/c1-2-20-13-5-3-4-6-14(13)21-10-17(19)18-12-7-8-15-16(9-12)23-11-22-15/h3-9H,2,10-11H2,1H3,(H,18,19). The van der Waals surface area contributed by atoms with Crippen LogP contribution in [0.5, 0.6) is 23.0 Å². The second-order valence-corrected chi connectivity index (χ2v) is 4.78. The highest BCUT2D eigenvalue weighted by molar-refractivity contribution is 5.92. The zero-order valence-corrected chi connectivity index (χ0v) is 12.7. The molecule has 2 aromatic carbocycles. The van der Waals surface area contributed by atoms with Gasteiger partial charge in [0, 0.05) is 11.8 Å². The maximum Gasteiger partial charge on any atom is 0.262 e. The third kappa shape index (κ3) is 3.66. The molecule has 6 heteroatoms. The van der Waals surface area contributed by atoms with Crippen LogP contribution in [0.1, 0.15) is 6.92 Å². The first-order chi connectivity index (χ1) is 11.3. The first kappa shape index (κ1) is 15.0. The van der Waals surface area contributed by atoms with Gasteiger partial charge >= 0.3 is 0 Å². The minimum Gasteiger partial charge on any atom is -0.490 e. The van der Waals surface area contributed by atoms with Crippen molar-refractivity contribution in [3.8, 4) is 23.0 Å². The Morgan fingerprint density at radius 2 is 1.83 bits per heavy atom. The molecule has 1 heterocycles. The number of nitrogens with one attached hydrogen (secondary N) is 1. The molecular weight excluding hydrogens is 298 g/mol. The van der Waals surface area contributed by atoms with Gasteiger partial charge in [-0.2, -0.15) is 0 Å². The van der Waals surface area contributed by atoms with Crippen LogP contribution in [0.3, 0.4) is 0 Å². The number of benzene rings is 2. The van der Waals surface area contributed by atoms with E-state index in [-0.39, 0.29) is 19.3 Å². The number of carbonyl (C=O) groups is 1. The fraction of sp³-hybridized carbons (Fsp3) is 0.235. The van der Waals surface area contributed by atoms with E-state index in [1.165, 1.54) is 0 Å². The monoisotopic (exact) mass is 315 g/mol. The van der Waals surface area contributed by atoms with Crippen LogP contribution in [0.4, 0.5) is 5.69 Å². The summed E-state index contributed by atoms with van der Waals surface area (Å²) in [6.45, 7) is 2.51. The van der Waals surface area contributed by atoms with Gasteiger partial charge in [-0.05, 0) is 31.2 Å². The van der Waals surface area contributed by atoms with Gasteiger partial charge in [-0.1, -0.05) is 12.1 Å². The number of hydrogen-bond donors (Lipinski definition) is 1. The number of carbonyl (C=O) groups excluding carboxylic acids is 1. The van der Waals surface area contributed by atoms with Crippen LogP contribution in [0.25, 0.3) is 0 Å². The molecule has 0 saturated heterocycles. The predicted molar refractivity (Wildman–Crippen MR) is 84.3 cm³/mol. The van der Waals surface area contributed by atoms with Gasteiger partial charge in [0.1, 0.15) is 0 Å². The van der Waals surface area contributed by atoms with Crippen molar-refractivity contribution in [2.45, 2.75) is 6.92 Å². The summed E-state index contributed by atoms with van der Waals surface area (Å²) in [6, 6.07) is 12.5. The predicted octanol–water partition coefficient (Wildman–Crippen LogP) is 2.83. The SMILES string of the molecule is CCOc1ccccc1OCC(=O)Nc1ccc2c(c1)OCO2. The normalized spacial score (nSPS) is 11.9. The van der Waals surface area contributed by atoms with Crippen molar-refractivity contribution in [2.75, 3.05) is 25.3 Å². The molecular formula is C17H17NO5. The number of anilines is 1. The summed E-state index contributed by atoms with van der Waals surface area (Å²) in [4.78, 5) is 12.0. The Hall–Kier alpha value is -2.89. The van der Waals surface area contributed by atoms with Gasteiger partial charge in [0.2, 0.25) is 6.79 Å². The van der Waals surface area contributed by atoms with Crippen LogP contribution in [0.15, 0.2) is 42.5 Å². The van der Waals surface area contributed by atoms with Crippen LogP contribution < -0.4 is 24.3 Å². The van der Waals surface area contributed by atoms with Gasteiger partial charge in [-0.15, -0.1) is 0 Å². The number of para-hydroxylation sites is 2. The third-order valence-corrected chi connectivity index (χ3v) is 3.16. The summed E-state index contributed by atoms with van der Waals surface area (Å²) < 4.78 is 21.5. The van der Waals surface area contributed by atoms with E-state index in [2.05, 4.69) is 5.32 Å². The van der Waals surface area contributed by atoms with Crippen LogP contribution in [0, 0.1) is 0 Å². The minimum atomic E-state index is -0.268. The number of ether oxygens (including phenoxy) is 4. The summed E-state index contributed by atoms with van der Waals surface area (Å²) in [5, 5.41) is 2.75. The summed E-state index contributed by atoms with van der Waals surface area (Å²) in [6.07, 6.45) is 0. The number of fused-ring (bicyclic) bond motifs is 1. The van der Waals surface area contributed by atoms with Crippen LogP contribution >= 0.6 is 0 Å². The van der Waals surface area contributed by atoms with Crippen LogP contribution in [-0.4, -0.2) is 25.9 Å². The summed E-state index contributed by atoms with van der Waals surface area (Å²) >= 11 is 0. The van der Waals surface area contributed by atoms with Crippen LogP contribution in [-0.2, 0) is 4.79 Å². The highest BCUT2D eigenvalue weighted by atomic mass is 16.7. The number of hydrogen-bond acceptors (Lipinski definition) is 5. The van der Waals surface area contributed by atoms with E-state index < -0.39 is 0 Å². The van der Waals surface area contributed by atoms with E-state index >= 15 is 0 Å². The average molecular weight is 315 g/mol. The average Bonchev–Trinajstić information content (AvgIpc) is 3.02. The second kappa shape index (κ2) is 6.91. The highest BCUT2D eigenvalue weighted by Crippen LogP contribution is 2.34. The molecule has 0 radical (unpaired) electrons. The molecule has 0 saturated carbocycles. The van der Waals surface area contributed by atoms with Gasteiger partial charge in [-0.25, -0.2) is 0 Å². The first-order valence-corrected chi connectivity index (χ1v) is 7.30. The summed E-state index contributed by atoms with van der Waals surface area (Å²) in [5.74, 6) is 2.17. The maximum absolute atomic E-state index is 12.0. The molecule has 120 valence electrons. The molecule has 3 rings (SSSR count). The lowest BCUT2D eigenvalue weighted by molar-refractivity contribution is -0.118. The van der Waals surface area contributed by atoms with Gasteiger partial charge in [0.25, 0.3) is 5.91 Å². The quantitative estimate of drug-likeness (QED) is 0.888. The lowest BCUT2D eigenvalue weighted by Crippen LogP contribution is -2.20. The molecule has 0 unspecified atom stereocenters. The Bertz CT molecular complexity index is 701. The molecule has 1 N–H and O–H groups in total. The molecule has 0 spiro atoms. The van der Waals surface area contributed by atoms with Crippen molar-refractivity contribution >= 4 is 11.6 Å². The zero-order valence-electron chi connectivity index (χ0n) is 12.7. The largest absolute Gasteiger partial charge is 0.490 e. The number of rotatable bonds is 6. The Morgan fingerprint density at radius 1 is 1.09 bits per heavy atom. The van der Waals surface area contributed by atoms with E-state index in [0.717, 1.165) is 0 Å². The molecule has 0 atom stereocenters. The van der Waals surface area contributed by atoms with Crippen molar-refractivity contribution < 1.29 is 23.7 Å². The van der Waals surface area contributed by atoms with Crippen molar-refractivity contribution in [2.24, 2.45) is 0 Å². The van der Waals surface area contributed by atoms with Gasteiger partial charge in [-0.3, -0.25) is 4.79 Å². The smallest absolute Gasteiger partial charge is 0.262 e. The summed E-state index contributed by atoms with van der Waals surface area (Å²) in [7, 11) is 0. The fourth-order valence-corrected chi connectivity index (χ4v) is 2.16. The summed E-state index contributed by atoms with van der Waals surface area (Å²) in [5.41, 5.74) is 0.626. The molecule has 6 nitrogen and oxygen atoms in total. The molecule has 1 aliphatic rings. The molecule has 0 aromatic heterocycles. The molecule has 2 aromatic rings. The van der Waals surface area contributed by atoms with Crippen LogP contribution in [0.2, 0.25) is 0 Å². The van der Waals surface area contributed by atoms with E-state index in [1.807, 2.05) is 19.1 Å². The van der Waals surface area contributed by atoms with Crippen molar-refractivity contribution in [3.63, 3.8) is 0 Å². The fourth-order valence-electron chi connectivity index (χ4n) is 2.16.